The van der Waals surface area contributed by atoms with Gasteiger partial charge in [-0.25, -0.2) is 8.78 Å². The minimum Gasteiger partial charge on any atom is -0.490 e. The van der Waals surface area contributed by atoms with Gasteiger partial charge in [-0.2, -0.15) is 8.78 Å². The molecule has 1 aromatic carbocycles. The van der Waals surface area contributed by atoms with Crippen LogP contribution >= 0.6 is 0 Å². The molecule has 1 aliphatic rings. The molecule has 7 nitrogen and oxygen atoms in total. The van der Waals surface area contributed by atoms with Crippen LogP contribution in [0.3, 0.4) is 0 Å². The van der Waals surface area contributed by atoms with Crippen LogP contribution in [0.4, 0.5) is 17.6 Å². The molecule has 0 amide bonds. The van der Waals surface area contributed by atoms with Gasteiger partial charge in [0.15, 0.2) is 5.78 Å². The van der Waals surface area contributed by atoms with Gasteiger partial charge < -0.3 is 13.9 Å². The lowest BCUT2D eigenvalue weighted by atomic mass is 9.88. The molecule has 0 radical (unpaired) electrons. The minimum absolute atomic E-state index is 0.0502. The summed E-state index contributed by atoms with van der Waals surface area (Å²) < 4.78 is 69.2. The number of ether oxygens (including phenoxy) is 2. The summed E-state index contributed by atoms with van der Waals surface area (Å²) in [5, 5.41) is 6.91. The molecular weight excluding hydrogens is 482 g/mol. The van der Waals surface area contributed by atoms with Crippen molar-refractivity contribution in [1.29, 1.82) is 0 Å². The lowest BCUT2D eigenvalue weighted by molar-refractivity contribution is -0.0232. The van der Waals surface area contributed by atoms with Gasteiger partial charge in [-0.3, -0.25) is 9.78 Å². The number of allylic oxidation sites excluding steroid dienone is 1. The van der Waals surface area contributed by atoms with E-state index in [2.05, 4.69) is 21.8 Å². The summed E-state index contributed by atoms with van der Waals surface area (Å²) in [6, 6.07) is 4.41. The Kier molecular flexibility index (Phi) is 7.78. The molecule has 3 aromatic rings. The van der Waals surface area contributed by atoms with Crippen molar-refractivity contribution in [3.8, 4) is 17.2 Å². The predicted octanol–water partition coefficient (Wildman–Crippen LogP) is 5.52. The van der Waals surface area contributed by atoms with Crippen LogP contribution in [-0.2, 0) is 11.2 Å². The monoisotopic (exact) mass is 505 g/mol. The molecule has 36 heavy (non-hydrogen) atoms. The Morgan fingerprint density at radius 3 is 2.61 bits per heavy atom. The van der Waals surface area contributed by atoms with Gasteiger partial charge in [0.25, 0.3) is 5.89 Å². The molecule has 0 aliphatic carbocycles. The lowest BCUT2D eigenvalue weighted by Crippen LogP contribution is -2.37. The van der Waals surface area contributed by atoms with Crippen molar-refractivity contribution in [3.05, 3.63) is 71.4 Å². The Hall–Kier alpha value is -3.60. The SMILES string of the molecule is C=C(CC1COCC[C@@H]1Oc1cc(F)cc(F)c1)C(=O)c1cc(-c2nnc(C(F)F)o2)cnc1CC. The van der Waals surface area contributed by atoms with Crippen LogP contribution in [0.2, 0.25) is 0 Å². The van der Waals surface area contributed by atoms with Crippen molar-refractivity contribution in [1.82, 2.24) is 15.2 Å². The number of carbonyl (C=O) groups is 1. The van der Waals surface area contributed by atoms with Crippen molar-refractivity contribution in [2.75, 3.05) is 13.2 Å². The molecule has 3 heterocycles. The summed E-state index contributed by atoms with van der Waals surface area (Å²) in [6.07, 6.45) is -0.907. The Labute approximate surface area is 204 Å². The third-order valence-electron chi connectivity index (χ3n) is 5.78. The first kappa shape index (κ1) is 25.5. The van der Waals surface area contributed by atoms with Crippen LogP contribution in [-0.4, -0.2) is 40.3 Å². The first-order valence-electron chi connectivity index (χ1n) is 11.3. The highest BCUT2D eigenvalue weighted by molar-refractivity contribution is 6.09. The number of aryl methyl sites for hydroxylation is 1. The number of halogens is 4. The number of hydrogen-bond acceptors (Lipinski definition) is 7. The maximum absolute atomic E-state index is 13.6. The van der Waals surface area contributed by atoms with E-state index in [1.165, 1.54) is 12.3 Å². The molecule has 2 atom stereocenters. The summed E-state index contributed by atoms with van der Waals surface area (Å²) in [6.45, 7) is 6.43. The first-order chi connectivity index (χ1) is 17.2. The highest BCUT2D eigenvalue weighted by Crippen LogP contribution is 2.30. The van der Waals surface area contributed by atoms with Crippen LogP contribution in [0, 0.1) is 17.6 Å². The quantitative estimate of drug-likeness (QED) is 0.215. The number of carbonyl (C=O) groups excluding carboxylic acids is 1. The summed E-state index contributed by atoms with van der Waals surface area (Å²) in [4.78, 5) is 17.6. The molecule has 4 rings (SSSR count). The maximum Gasteiger partial charge on any atom is 0.314 e. The van der Waals surface area contributed by atoms with Gasteiger partial charge in [0, 0.05) is 42.3 Å². The summed E-state index contributed by atoms with van der Waals surface area (Å²) in [5.41, 5.74) is 1.19. The smallest absolute Gasteiger partial charge is 0.314 e. The number of rotatable bonds is 9. The molecule has 1 saturated heterocycles. The molecule has 190 valence electrons. The Morgan fingerprint density at radius 2 is 1.94 bits per heavy atom. The fourth-order valence-corrected chi connectivity index (χ4v) is 4.02. The second-order valence-corrected chi connectivity index (χ2v) is 8.34. The Morgan fingerprint density at radius 1 is 1.19 bits per heavy atom. The lowest BCUT2D eigenvalue weighted by Gasteiger charge is -2.32. The van der Waals surface area contributed by atoms with E-state index in [0.717, 1.165) is 18.2 Å². The predicted molar refractivity (Wildman–Crippen MR) is 120 cm³/mol. The van der Waals surface area contributed by atoms with Gasteiger partial charge >= 0.3 is 6.43 Å². The van der Waals surface area contributed by atoms with Crippen LogP contribution in [0.1, 0.15) is 48.1 Å². The third kappa shape index (κ3) is 5.78. The van der Waals surface area contributed by atoms with Crippen LogP contribution < -0.4 is 4.74 Å². The Bertz CT molecular complexity index is 1240. The topological polar surface area (TPSA) is 87.3 Å². The fraction of sp³-hybridized carbons (Fsp3) is 0.360. The minimum atomic E-state index is -2.92. The van der Waals surface area contributed by atoms with E-state index in [9.17, 15) is 22.4 Å². The van der Waals surface area contributed by atoms with E-state index < -0.39 is 35.8 Å². The van der Waals surface area contributed by atoms with Crippen molar-refractivity contribution >= 4 is 5.78 Å². The van der Waals surface area contributed by atoms with Crippen LogP contribution in [0.5, 0.6) is 5.75 Å². The molecule has 0 N–H and O–H groups in total. The van der Waals surface area contributed by atoms with Crippen molar-refractivity contribution in [2.45, 2.75) is 38.7 Å². The fourth-order valence-electron chi connectivity index (χ4n) is 4.02. The zero-order valence-electron chi connectivity index (χ0n) is 19.3. The number of nitrogens with zero attached hydrogens (tertiary/aromatic N) is 3. The third-order valence-corrected chi connectivity index (χ3v) is 5.78. The number of Topliss-reactive ketones (excluding diaryl/α,β-unsaturated/α-hetero) is 1. The number of hydrogen-bond donors (Lipinski definition) is 0. The highest BCUT2D eigenvalue weighted by atomic mass is 19.3. The highest BCUT2D eigenvalue weighted by Gasteiger charge is 2.30. The van der Waals surface area contributed by atoms with Gasteiger partial charge in [-0.1, -0.05) is 13.5 Å². The molecule has 0 bridgehead atoms. The maximum atomic E-state index is 13.6. The number of pyridine rings is 1. The van der Waals surface area contributed by atoms with E-state index in [1.54, 1.807) is 0 Å². The molecule has 2 aromatic heterocycles. The number of ketones is 1. The molecule has 0 spiro atoms. The standard InChI is InChI=1S/C25H23F4N3O4/c1-3-20-19(7-14(11-30-20)24-31-32-25(36-24)23(28)29)22(33)13(2)6-15-12-34-5-4-21(15)35-18-9-16(26)8-17(27)10-18/h7-11,15,21,23H,2-6,12H2,1H3/t15?,21-/m0/s1. The second-order valence-electron chi connectivity index (χ2n) is 8.34. The van der Waals surface area contributed by atoms with E-state index in [4.69, 9.17) is 13.9 Å². The van der Waals surface area contributed by atoms with Gasteiger partial charge in [-0.15, -0.1) is 10.2 Å². The number of alkyl halides is 2. The molecule has 1 aliphatic heterocycles. The van der Waals surface area contributed by atoms with E-state index in [-0.39, 0.29) is 47.3 Å². The zero-order chi connectivity index (χ0) is 25.8. The first-order valence-corrected chi connectivity index (χ1v) is 11.3. The molecule has 1 unspecified atom stereocenters. The second kappa shape index (κ2) is 11.0. The van der Waals surface area contributed by atoms with Crippen molar-refractivity contribution in [2.24, 2.45) is 5.92 Å². The number of aromatic nitrogens is 3. The summed E-state index contributed by atoms with van der Waals surface area (Å²) in [5.74, 6) is -3.17. The largest absolute Gasteiger partial charge is 0.490 e. The van der Waals surface area contributed by atoms with Gasteiger partial charge in [0.05, 0.1) is 24.5 Å². The molecule has 0 saturated carbocycles. The summed E-state index contributed by atoms with van der Waals surface area (Å²) >= 11 is 0. The van der Waals surface area contributed by atoms with E-state index in [1.807, 2.05) is 6.92 Å². The zero-order valence-corrected chi connectivity index (χ0v) is 19.3. The van der Waals surface area contributed by atoms with Gasteiger partial charge in [0.1, 0.15) is 23.5 Å². The van der Waals surface area contributed by atoms with Crippen LogP contribution in [0.25, 0.3) is 11.5 Å². The van der Waals surface area contributed by atoms with Crippen LogP contribution in [0.15, 0.2) is 47.0 Å². The average molecular weight is 505 g/mol. The number of benzene rings is 1. The molecule has 11 heteroatoms. The Balaban J connectivity index is 1.52. The summed E-state index contributed by atoms with van der Waals surface area (Å²) in [7, 11) is 0. The van der Waals surface area contributed by atoms with Crippen molar-refractivity contribution in [3.63, 3.8) is 0 Å². The molecule has 1 fully saturated rings. The average Bonchev–Trinajstić information content (AvgIpc) is 3.34. The van der Waals surface area contributed by atoms with Crippen molar-refractivity contribution < 1.29 is 36.2 Å². The van der Waals surface area contributed by atoms with Gasteiger partial charge in [0.2, 0.25) is 5.89 Å². The van der Waals surface area contributed by atoms with E-state index in [0.29, 0.717) is 25.1 Å². The molecular formula is C25H23F4N3O4. The van der Waals surface area contributed by atoms with Gasteiger partial charge in [-0.05, 0) is 24.5 Å². The van der Waals surface area contributed by atoms with E-state index >= 15 is 0 Å². The normalized spacial score (nSPS) is 17.8.